The number of rotatable bonds is 5. The first-order valence-corrected chi connectivity index (χ1v) is 8.70. The number of amides is 1. The Morgan fingerprint density at radius 1 is 1.32 bits per heavy atom. The fraction of sp³-hybridized carbons (Fsp3) is 0.250. The Morgan fingerprint density at radius 3 is 2.82 bits per heavy atom. The van der Waals surface area contributed by atoms with E-state index < -0.39 is 0 Å². The molecule has 4 nitrogen and oxygen atoms in total. The van der Waals surface area contributed by atoms with Crippen LogP contribution in [-0.2, 0) is 0 Å². The molecule has 0 atom stereocenters. The van der Waals surface area contributed by atoms with Crippen molar-refractivity contribution < 1.29 is 4.79 Å². The molecule has 1 amide bonds. The number of nitrogens with zero attached hydrogens (tertiary/aromatic N) is 1. The Labute approximate surface area is 142 Å². The van der Waals surface area contributed by atoms with Crippen molar-refractivity contribution in [1.29, 1.82) is 0 Å². The summed E-state index contributed by atoms with van der Waals surface area (Å²) in [6.45, 7) is 2.69. The summed E-state index contributed by atoms with van der Waals surface area (Å²) < 4.78 is 0.942. The fourth-order valence-electron chi connectivity index (χ4n) is 2.10. The Kier molecular flexibility index (Phi) is 5.12. The third-order valence-corrected chi connectivity index (χ3v) is 4.96. The van der Waals surface area contributed by atoms with Crippen LogP contribution >= 0.6 is 27.7 Å². The normalized spacial score (nSPS) is 14.4. The Hall–Kier alpha value is -1.37. The first-order valence-electron chi connectivity index (χ1n) is 7.10. The average Bonchev–Trinajstić information content (AvgIpc) is 2.48. The average molecular weight is 378 g/mol. The monoisotopic (exact) mass is 377 g/mol. The second-order valence-electron chi connectivity index (χ2n) is 5.15. The molecule has 0 spiro atoms. The molecule has 2 N–H and O–H groups in total. The van der Waals surface area contributed by atoms with Crippen molar-refractivity contribution in [2.75, 3.05) is 19.6 Å². The van der Waals surface area contributed by atoms with Crippen LogP contribution < -0.4 is 10.6 Å². The molecule has 0 radical (unpaired) electrons. The van der Waals surface area contributed by atoms with Crippen LogP contribution in [0.2, 0.25) is 0 Å². The van der Waals surface area contributed by atoms with E-state index in [1.807, 2.05) is 36.4 Å². The zero-order valence-electron chi connectivity index (χ0n) is 11.9. The van der Waals surface area contributed by atoms with Crippen molar-refractivity contribution in [3.8, 4) is 0 Å². The number of aromatic nitrogens is 1. The van der Waals surface area contributed by atoms with Gasteiger partial charge in [0.05, 0.1) is 5.56 Å². The molecule has 1 aromatic carbocycles. The van der Waals surface area contributed by atoms with E-state index in [1.54, 1.807) is 6.20 Å². The maximum atomic E-state index is 12.4. The number of carbonyl (C=O) groups excluding carboxylic acids is 1. The summed E-state index contributed by atoms with van der Waals surface area (Å²) in [4.78, 5) is 17.6. The van der Waals surface area contributed by atoms with E-state index in [0.717, 1.165) is 34.0 Å². The van der Waals surface area contributed by atoms with Crippen molar-refractivity contribution >= 4 is 33.6 Å². The van der Waals surface area contributed by atoms with Crippen LogP contribution in [0.4, 0.5) is 0 Å². The van der Waals surface area contributed by atoms with Gasteiger partial charge in [-0.3, -0.25) is 4.79 Å². The summed E-state index contributed by atoms with van der Waals surface area (Å²) in [5, 5.41) is 7.09. The summed E-state index contributed by atoms with van der Waals surface area (Å²) in [7, 11) is 0. The van der Waals surface area contributed by atoms with Crippen molar-refractivity contribution in [3.63, 3.8) is 0 Å². The summed E-state index contributed by atoms with van der Waals surface area (Å²) >= 11 is 4.87. The van der Waals surface area contributed by atoms with Crippen LogP contribution in [0.15, 0.2) is 57.0 Å². The van der Waals surface area contributed by atoms with Gasteiger partial charge in [0.15, 0.2) is 0 Å². The molecule has 22 heavy (non-hydrogen) atoms. The minimum atomic E-state index is -0.0212. The second-order valence-corrected chi connectivity index (χ2v) is 7.13. The molecule has 3 rings (SSSR count). The lowest BCUT2D eigenvalue weighted by molar-refractivity contribution is 0.0939. The predicted molar refractivity (Wildman–Crippen MR) is 91.2 cm³/mol. The van der Waals surface area contributed by atoms with Crippen LogP contribution in [0.25, 0.3) is 0 Å². The van der Waals surface area contributed by atoms with Crippen LogP contribution in [0.5, 0.6) is 0 Å². The topological polar surface area (TPSA) is 54.0 Å². The summed E-state index contributed by atoms with van der Waals surface area (Å²) in [6.07, 6.45) is 1.76. The first-order chi connectivity index (χ1) is 10.7. The first kappa shape index (κ1) is 15.5. The van der Waals surface area contributed by atoms with Gasteiger partial charge in [0.25, 0.3) is 5.91 Å². The van der Waals surface area contributed by atoms with Crippen molar-refractivity contribution in [2.24, 2.45) is 5.92 Å². The molecule has 6 heteroatoms. The lowest BCUT2D eigenvalue weighted by atomic mass is 10.0. The highest BCUT2D eigenvalue weighted by Crippen LogP contribution is 2.29. The van der Waals surface area contributed by atoms with Gasteiger partial charge in [-0.1, -0.05) is 23.9 Å². The molecule has 0 aliphatic carbocycles. The van der Waals surface area contributed by atoms with E-state index in [9.17, 15) is 4.79 Å². The highest BCUT2D eigenvalue weighted by Gasteiger charge is 2.18. The highest BCUT2D eigenvalue weighted by molar-refractivity contribution is 9.10. The number of carbonyl (C=O) groups is 1. The molecule has 1 aliphatic rings. The van der Waals surface area contributed by atoms with Gasteiger partial charge in [-0.05, 0) is 40.2 Å². The van der Waals surface area contributed by atoms with Crippen molar-refractivity contribution in [2.45, 2.75) is 9.92 Å². The van der Waals surface area contributed by atoms with E-state index in [-0.39, 0.29) is 5.91 Å². The van der Waals surface area contributed by atoms with E-state index in [2.05, 4.69) is 31.5 Å². The minimum Gasteiger partial charge on any atom is -0.352 e. The number of hydrogen-bond acceptors (Lipinski definition) is 4. The van der Waals surface area contributed by atoms with Crippen LogP contribution in [0.3, 0.4) is 0 Å². The largest absolute Gasteiger partial charge is 0.352 e. The maximum absolute atomic E-state index is 12.4. The van der Waals surface area contributed by atoms with Gasteiger partial charge in [-0.2, -0.15) is 0 Å². The Morgan fingerprint density at radius 2 is 2.14 bits per heavy atom. The van der Waals surface area contributed by atoms with E-state index in [4.69, 9.17) is 0 Å². The number of nitrogens with one attached hydrogen (secondary N) is 2. The molecule has 2 heterocycles. The third kappa shape index (κ3) is 3.88. The van der Waals surface area contributed by atoms with E-state index in [0.29, 0.717) is 11.5 Å². The van der Waals surface area contributed by atoms with E-state index >= 15 is 0 Å². The Bertz CT molecular complexity index is 659. The zero-order chi connectivity index (χ0) is 15.4. The van der Waals surface area contributed by atoms with Crippen molar-refractivity contribution in [3.05, 3.63) is 52.6 Å². The van der Waals surface area contributed by atoms with Crippen LogP contribution in [0.1, 0.15) is 10.4 Å². The second kappa shape index (κ2) is 7.26. The Balaban J connectivity index is 1.71. The van der Waals surface area contributed by atoms with Gasteiger partial charge >= 0.3 is 0 Å². The third-order valence-electron chi connectivity index (χ3n) is 3.46. The molecular weight excluding hydrogens is 362 g/mol. The molecule has 1 saturated heterocycles. The highest BCUT2D eigenvalue weighted by atomic mass is 79.9. The summed E-state index contributed by atoms with van der Waals surface area (Å²) in [5.41, 5.74) is 0.699. The molecule has 1 aromatic heterocycles. The molecule has 1 aliphatic heterocycles. The van der Waals surface area contributed by atoms with Gasteiger partial charge in [0, 0.05) is 41.1 Å². The molecular formula is C16H16BrN3OS. The number of benzene rings is 1. The lowest BCUT2D eigenvalue weighted by Gasteiger charge is -2.27. The molecule has 1 fully saturated rings. The van der Waals surface area contributed by atoms with Crippen LogP contribution in [0, 0.1) is 5.92 Å². The van der Waals surface area contributed by atoms with E-state index in [1.165, 1.54) is 11.8 Å². The smallest absolute Gasteiger partial charge is 0.252 e. The van der Waals surface area contributed by atoms with Gasteiger partial charge in [0.2, 0.25) is 0 Å². The standard InChI is InChI=1S/C16H16BrN3OS/c17-12-5-6-15(19-10-12)22-14-4-2-1-3-13(14)16(21)20-9-11-7-18-8-11/h1-6,10-11,18H,7-9H2,(H,20,21). The van der Waals surface area contributed by atoms with Crippen molar-refractivity contribution in [1.82, 2.24) is 15.6 Å². The SMILES string of the molecule is O=C(NCC1CNC1)c1ccccc1Sc1ccc(Br)cn1. The molecule has 0 saturated carbocycles. The molecule has 114 valence electrons. The zero-order valence-corrected chi connectivity index (χ0v) is 14.3. The molecule has 0 bridgehead atoms. The predicted octanol–water partition coefficient (Wildman–Crippen LogP) is 2.94. The van der Waals surface area contributed by atoms with Gasteiger partial charge in [-0.15, -0.1) is 0 Å². The van der Waals surface area contributed by atoms with Crippen LogP contribution in [-0.4, -0.2) is 30.5 Å². The van der Waals surface area contributed by atoms with Gasteiger partial charge < -0.3 is 10.6 Å². The number of hydrogen-bond donors (Lipinski definition) is 2. The molecule has 0 unspecified atom stereocenters. The fourth-order valence-corrected chi connectivity index (χ4v) is 3.22. The van der Waals surface area contributed by atoms with Gasteiger partial charge in [-0.25, -0.2) is 4.98 Å². The number of pyridine rings is 1. The minimum absolute atomic E-state index is 0.0212. The lowest BCUT2D eigenvalue weighted by Crippen LogP contribution is -2.48. The molecule has 2 aromatic rings. The summed E-state index contributed by atoms with van der Waals surface area (Å²) in [6, 6.07) is 11.5. The summed E-state index contributed by atoms with van der Waals surface area (Å²) in [5.74, 6) is 0.531. The number of halogens is 1. The maximum Gasteiger partial charge on any atom is 0.252 e. The quantitative estimate of drug-likeness (QED) is 0.840. The van der Waals surface area contributed by atoms with Gasteiger partial charge in [0.1, 0.15) is 5.03 Å².